The first-order valence-corrected chi connectivity index (χ1v) is 7.48. The molecule has 4 nitrogen and oxygen atoms in total. The summed E-state index contributed by atoms with van der Waals surface area (Å²) in [5.41, 5.74) is 1.91. The Hall–Kier alpha value is -0.610. The maximum absolute atomic E-state index is 9.82. The minimum absolute atomic E-state index is 0.316. The first-order chi connectivity index (χ1) is 9.23. The van der Waals surface area contributed by atoms with Crippen molar-refractivity contribution in [1.29, 1.82) is 0 Å². The van der Waals surface area contributed by atoms with Gasteiger partial charge in [-0.15, -0.1) is 23.2 Å². The van der Waals surface area contributed by atoms with Gasteiger partial charge in [0.15, 0.2) is 0 Å². The Balaban J connectivity index is -0.000000239. The predicted molar refractivity (Wildman–Crippen MR) is 95.1 cm³/mol. The fourth-order valence-electron chi connectivity index (χ4n) is 0.244. The van der Waals surface area contributed by atoms with E-state index in [1.165, 1.54) is 5.57 Å². The molecule has 0 bridgehead atoms. The highest BCUT2D eigenvalue weighted by Crippen LogP contribution is 2.19. The molecule has 0 aromatic rings. The van der Waals surface area contributed by atoms with Gasteiger partial charge in [0.05, 0.1) is 15.5 Å². The third kappa shape index (κ3) is 19.4. The SMILES string of the molecule is C/C(=N\O)C(C)(C)Cl.CC(N=O)C(C)(C)Cl.CC=C(C)C. The van der Waals surface area contributed by atoms with Crippen molar-refractivity contribution in [2.45, 2.75) is 78.1 Å². The summed E-state index contributed by atoms with van der Waals surface area (Å²) in [5.74, 6) is 0. The summed E-state index contributed by atoms with van der Waals surface area (Å²) in [6.07, 6.45) is 2.08. The zero-order chi connectivity index (χ0) is 17.9. The van der Waals surface area contributed by atoms with Crippen molar-refractivity contribution >= 4 is 28.9 Å². The second kappa shape index (κ2) is 12.0. The van der Waals surface area contributed by atoms with E-state index in [2.05, 4.69) is 30.3 Å². The lowest BCUT2D eigenvalue weighted by Crippen LogP contribution is -2.24. The zero-order valence-electron chi connectivity index (χ0n) is 14.7. The first kappa shape index (κ1) is 25.3. The molecule has 0 aromatic carbocycles. The van der Waals surface area contributed by atoms with E-state index >= 15 is 0 Å². The van der Waals surface area contributed by atoms with Crippen LogP contribution >= 0.6 is 23.2 Å². The summed E-state index contributed by atoms with van der Waals surface area (Å²) in [6.45, 7) is 16.6. The van der Waals surface area contributed by atoms with Crippen molar-refractivity contribution in [2.75, 3.05) is 0 Å². The van der Waals surface area contributed by atoms with Crippen LogP contribution in [-0.2, 0) is 0 Å². The van der Waals surface area contributed by atoms with Crippen molar-refractivity contribution in [2.24, 2.45) is 10.3 Å². The van der Waals surface area contributed by atoms with Crippen LogP contribution in [0.2, 0.25) is 0 Å². The van der Waals surface area contributed by atoms with Gasteiger partial charge in [-0.2, -0.15) is 4.91 Å². The molecule has 0 saturated heterocycles. The van der Waals surface area contributed by atoms with Gasteiger partial charge in [0, 0.05) is 0 Å². The summed E-state index contributed by atoms with van der Waals surface area (Å²) in [5, 5.41) is 13.9. The lowest BCUT2D eigenvalue weighted by molar-refractivity contribution is 0.316. The normalized spacial score (nSPS) is 13.0. The van der Waals surface area contributed by atoms with E-state index in [0.29, 0.717) is 5.71 Å². The molecule has 6 heteroatoms. The van der Waals surface area contributed by atoms with E-state index in [1.807, 2.05) is 6.92 Å². The van der Waals surface area contributed by atoms with Gasteiger partial charge < -0.3 is 5.21 Å². The Morgan fingerprint density at radius 1 is 1.14 bits per heavy atom. The third-order valence-corrected chi connectivity index (χ3v) is 3.33. The highest BCUT2D eigenvalue weighted by molar-refractivity contribution is 6.35. The number of halogens is 2. The Kier molecular flexibility index (Phi) is 14.5. The molecule has 0 aliphatic rings. The average Bonchev–Trinajstić information content (AvgIpc) is 2.35. The number of rotatable bonds is 3. The van der Waals surface area contributed by atoms with Gasteiger partial charge in [-0.3, -0.25) is 0 Å². The summed E-state index contributed by atoms with van der Waals surface area (Å²) < 4.78 is 0. The lowest BCUT2D eigenvalue weighted by atomic mass is 10.1. The molecule has 1 unspecified atom stereocenters. The smallest absolute Gasteiger partial charge is 0.108 e. The number of hydrogen-bond acceptors (Lipinski definition) is 4. The van der Waals surface area contributed by atoms with E-state index in [0.717, 1.165) is 0 Å². The van der Waals surface area contributed by atoms with Crippen LogP contribution in [0.25, 0.3) is 0 Å². The molecule has 126 valence electrons. The number of alkyl halides is 2. The Morgan fingerprint density at radius 2 is 1.48 bits per heavy atom. The molecule has 0 spiro atoms. The van der Waals surface area contributed by atoms with E-state index in [9.17, 15) is 4.91 Å². The molecule has 21 heavy (non-hydrogen) atoms. The van der Waals surface area contributed by atoms with E-state index < -0.39 is 9.75 Å². The summed E-state index contributed by atoms with van der Waals surface area (Å²) in [7, 11) is 0. The van der Waals surface area contributed by atoms with Crippen LogP contribution < -0.4 is 0 Å². The predicted octanol–water partition coefficient (Wildman–Crippen LogP) is 5.99. The number of oxime groups is 1. The van der Waals surface area contributed by atoms with Crippen molar-refractivity contribution in [3.8, 4) is 0 Å². The molecule has 0 aliphatic carbocycles. The van der Waals surface area contributed by atoms with Gasteiger partial charge in [0.1, 0.15) is 6.04 Å². The number of hydrogen-bond donors (Lipinski definition) is 1. The highest BCUT2D eigenvalue weighted by atomic mass is 35.5. The topological polar surface area (TPSA) is 62.0 Å². The fourth-order valence-corrected chi connectivity index (χ4v) is 0.322. The van der Waals surface area contributed by atoms with Crippen molar-refractivity contribution in [1.82, 2.24) is 0 Å². The van der Waals surface area contributed by atoms with Crippen LogP contribution in [0.3, 0.4) is 0 Å². The lowest BCUT2D eigenvalue weighted by Gasteiger charge is -2.16. The maximum atomic E-state index is 9.82. The largest absolute Gasteiger partial charge is 0.411 e. The molecule has 1 N–H and O–H groups in total. The van der Waals surface area contributed by atoms with E-state index in [1.54, 1.807) is 41.5 Å². The Labute approximate surface area is 139 Å². The number of allylic oxidation sites excluding steroid dienone is 2. The number of nitrogens with zero attached hydrogens (tertiary/aromatic N) is 2. The van der Waals surface area contributed by atoms with Crippen LogP contribution in [0.5, 0.6) is 0 Å². The summed E-state index contributed by atoms with van der Waals surface area (Å²) in [4.78, 5) is 8.80. The van der Waals surface area contributed by atoms with Crippen LogP contribution in [0, 0.1) is 4.91 Å². The molecule has 0 aromatic heterocycles. The van der Waals surface area contributed by atoms with Gasteiger partial charge >= 0.3 is 0 Å². The minimum Gasteiger partial charge on any atom is -0.411 e. The molecule has 0 aliphatic heterocycles. The summed E-state index contributed by atoms with van der Waals surface area (Å²) >= 11 is 11.4. The first-order valence-electron chi connectivity index (χ1n) is 6.72. The quantitative estimate of drug-likeness (QED) is 0.171. The molecule has 0 amide bonds. The molecule has 0 fully saturated rings. The molecule has 0 saturated carbocycles. The van der Waals surface area contributed by atoms with Gasteiger partial charge in [0.25, 0.3) is 0 Å². The van der Waals surface area contributed by atoms with Gasteiger partial charge in [-0.05, 0) is 62.3 Å². The van der Waals surface area contributed by atoms with Gasteiger partial charge in [0.2, 0.25) is 0 Å². The molecule has 0 rings (SSSR count). The second-order valence-corrected chi connectivity index (χ2v) is 7.79. The summed E-state index contributed by atoms with van der Waals surface area (Å²) in [6, 6.07) is -0.316. The maximum Gasteiger partial charge on any atom is 0.108 e. The van der Waals surface area contributed by atoms with Crippen LogP contribution in [0.4, 0.5) is 0 Å². The van der Waals surface area contributed by atoms with Crippen LogP contribution in [0.15, 0.2) is 22.0 Å². The highest BCUT2D eigenvalue weighted by Gasteiger charge is 2.22. The Bertz CT molecular complexity index is 337. The Morgan fingerprint density at radius 3 is 1.48 bits per heavy atom. The van der Waals surface area contributed by atoms with E-state index in [-0.39, 0.29) is 6.04 Å². The standard InChI is InChI=1S/2C5H10ClNO.C5H10/c2*1-4(7-8)5(2,3)6;1-4-5(2)3/h8H,1-3H3;4H,1-3H3;4H,1-3H3/b7-4+;;. The van der Waals surface area contributed by atoms with Crippen LogP contribution in [0.1, 0.15) is 62.3 Å². The number of nitroso groups, excluding NO2 is 1. The van der Waals surface area contributed by atoms with Crippen molar-refractivity contribution in [3.05, 3.63) is 16.6 Å². The third-order valence-electron chi connectivity index (χ3n) is 2.74. The minimum atomic E-state index is -0.519. The molecule has 0 heterocycles. The fraction of sp³-hybridized carbons (Fsp3) is 0.800. The molecular formula is C15H30Cl2N2O2. The molecule has 0 radical (unpaired) electrons. The van der Waals surface area contributed by atoms with Gasteiger partial charge in [-0.25, -0.2) is 0 Å². The van der Waals surface area contributed by atoms with Crippen LogP contribution in [-0.4, -0.2) is 26.7 Å². The van der Waals surface area contributed by atoms with Gasteiger partial charge in [-0.1, -0.05) is 22.0 Å². The molecular weight excluding hydrogens is 311 g/mol. The molecule has 1 atom stereocenters. The average molecular weight is 341 g/mol. The second-order valence-electron chi connectivity index (χ2n) is 5.87. The zero-order valence-corrected chi connectivity index (χ0v) is 16.2. The van der Waals surface area contributed by atoms with E-state index in [4.69, 9.17) is 28.4 Å². The van der Waals surface area contributed by atoms with Crippen molar-refractivity contribution in [3.63, 3.8) is 0 Å². The monoisotopic (exact) mass is 340 g/mol. The van der Waals surface area contributed by atoms with Crippen molar-refractivity contribution < 1.29 is 5.21 Å².